The Balaban J connectivity index is 2.91. The summed E-state index contributed by atoms with van der Waals surface area (Å²) in [4.78, 5) is 1.36. The first kappa shape index (κ1) is 33.3. The van der Waals surface area contributed by atoms with Crippen molar-refractivity contribution in [2.75, 3.05) is 39.5 Å². The number of nitrogens with zero attached hydrogens (tertiary/aromatic N) is 1. The first-order valence-electron chi connectivity index (χ1n) is 11.4. The SMILES string of the molecule is OC[C@@H](O)[C@@H](O)[C@@H](O)[C@@H](O)CN(CCOc1ccc(CS)c(CS)c1)C[C@H](O)[C@H](O)[C@H](O)[C@H](O)CO. The second-order valence-electron chi connectivity index (χ2n) is 8.45. The topological polar surface area (TPSA) is 215 Å². The van der Waals surface area contributed by atoms with E-state index in [4.69, 9.17) is 14.9 Å². The van der Waals surface area contributed by atoms with Crippen LogP contribution in [0.3, 0.4) is 0 Å². The van der Waals surface area contributed by atoms with E-state index in [2.05, 4.69) is 25.3 Å². The van der Waals surface area contributed by atoms with Crippen LogP contribution in [0.4, 0.5) is 0 Å². The monoisotopic (exact) mass is 557 g/mol. The Morgan fingerprint density at radius 2 is 1.11 bits per heavy atom. The lowest BCUT2D eigenvalue weighted by Crippen LogP contribution is -2.53. The molecule has 10 N–H and O–H groups in total. The molecule has 0 bridgehead atoms. The number of aliphatic hydroxyl groups is 10. The Hall–Kier alpha value is -0.720. The van der Waals surface area contributed by atoms with Crippen LogP contribution >= 0.6 is 25.3 Å². The zero-order valence-corrected chi connectivity index (χ0v) is 21.5. The molecule has 1 rings (SSSR count). The zero-order chi connectivity index (χ0) is 27.4. The molecule has 0 saturated carbocycles. The summed E-state index contributed by atoms with van der Waals surface area (Å²) in [5, 5.41) is 97.7. The minimum Gasteiger partial charge on any atom is -0.492 e. The number of rotatable bonds is 18. The van der Waals surface area contributed by atoms with Gasteiger partial charge >= 0.3 is 0 Å². The Bertz CT molecular complexity index is 720. The van der Waals surface area contributed by atoms with E-state index in [1.54, 1.807) is 12.1 Å². The van der Waals surface area contributed by atoms with Gasteiger partial charge in [-0.2, -0.15) is 25.3 Å². The Morgan fingerprint density at radius 1 is 0.667 bits per heavy atom. The molecule has 36 heavy (non-hydrogen) atoms. The van der Waals surface area contributed by atoms with E-state index in [-0.39, 0.29) is 26.2 Å². The van der Waals surface area contributed by atoms with Crippen LogP contribution in [0.1, 0.15) is 11.1 Å². The molecule has 0 saturated heterocycles. The summed E-state index contributed by atoms with van der Waals surface area (Å²) >= 11 is 8.55. The van der Waals surface area contributed by atoms with E-state index < -0.39 is 62.0 Å². The van der Waals surface area contributed by atoms with E-state index in [1.165, 1.54) is 4.90 Å². The lowest BCUT2D eigenvalue weighted by atomic mass is 10.0. The molecule has 0 heterocycles. The van der Waals surface area contributed by atoms with Gasteiger partial charge in [-0.1, -0.05) is 6.07 Å². The third kappa shape index (κ3) is 10.2. The van der Waals surface area contributed by atoms with Crippen molar-refractivity contribution in [2.24, 2.45) is 0 Å². The van der Waals surface area contributed by atoms with E-state index >= 15 is 0 Å². The first-order valence-corrected chi connectivity index (χ1v) is 12.6. The number of thiol groups is 2. The molecule has 1 aromatic carbocycles. The molecule has 0 aliphatic carbocycles. The third-order valence-corrected chi connectivity index (χ3v) is 6.42. The van der Waals surface area contributed by atoms with Gasteiger partial charge in [0.15, 0.2) is 0 Å². The summed E-state index contributed by atoms with van der Waals surface area (Å²) in [6.45, 7) is -2.38. The van der Waals surface area contributed by atoms with Crippen molar-refractivity contribution in [1.82, 2.24) is 4.90 Å². The molecule has 8 atom stereocenters. The highest BCUT2D eigenvalue weighted by molar-refractivity contribution is 7.79. The molecular weight excluding hydrogens is 518 g/mol. The minimum absolute atomic E-state index is 0.0293. The van der Waals surface area contributed by atoms with Crippen LogP contribution in [0.2, 0.25) is 0 Å². The van der Waals surface area contributed by atoms with Gasteiger partial charge in [0, 0.05) is 31.1 Å². The van der Waals surface area contributed by atoms with Crippen molar-refractivity contribution >= 4 is 25.3 Å². The van der Waals surface area contributed by atoms with Crippen molar-refractivity contribution in [2.45, 2.75) is 60.3 Å². The standard InChI is InChI=1S/C22H39NO11S2/c24-8-17(28)21(32)19(30)15(26)6-23(7-16(27)20(31)22(33)18(29)9-25)3-4-34-14-2-1-12(10-35)13(5-14)11-36/h1-2,5,15-22,24-33,35-36H,3-4,6-11H2/t15-,16-,17+,18+,19-,20-,21+,22+/m0/s1. The van der Waals surface area contributed by atoms with Crippen LogP contribution in [0.25, 0.3) is 0 Å². The predicted octanol–water partition coefficient (Wildman–Crippen LogP) is -3.90. The molecule has 0 spiro atoms. The van der Waals surface area contributed by atoms with Crippen molar-refractivity contribution in [1.29, 1.82) is 0 Å². The number of ether oxygens (including phenoxy) is 1. The highest BCUT2D eigenvalue weighted by Gasteiger charge is 2.34. The Morgan fingerprint density at radius 3 is 1.53 bits per heavy atom. The smallest absolute Gasteiger partial charge is 0.119 e. The molecule has 0 unspecified atom stereocenters. The average molecular weight is 558 g/mol. The van der Waals surface area contributed by atoms with E-state index in [0.717, 1.165) is 11.1 Å². The maximum Gasteiger partial charge on any atom is 0.119 e. The summed E-state index contributed by atoms with van der Waals surface area (Å²) in [6.07, 6.45) is -14.1. The molecule has 14 heteroatoms. The van der Waals surface area contributed by atoms with Crippen molar-refractivity contribution in [3.8, 4) is 5.75 Å². The fourth-order valence-electron chi connectivity index (χ4n) is 3.41. The van der Waals surface area contributed by atoms with E-state index in [0.29, 0.717) is 17.3 Å². The minimum atomic E-state index is -1.86. The van der Waals surface area contributed by atoms with Gasteiger partial charge in [-0.3, -0.25) is 4.90 Å². The van der Waals surface area contributed by atoms with Crippen molar-refractivity contribution in [3.05, 3.63) is 29.3 Å². The summed E-state index contributed by atoms with van der Waals surface area (Å²) in [6, 6.07) is 5.37. The molecular formula is C22H39NO11S2. The van der Waals surface area contributed by atoms with E-state index in [9.17, 15) is 40.9 Å². The molecule has 1 aromatic rings. The van der Waals surface area contributed by atoms with Gasteiger partial charge in [0.05, 0.1) is 25.4 Å². The molecule has 0 aliphatic heterocycles. The van der Waals surface area contributed by atoms with Gasteiger partial charge in [-0.15, -0.1) is 0 Å². The normalized spacial score (nSPS) is 18.8. The maximum atomic E-state index is 10.4. The predicted molar refractivity (Wildman–Crippen MR) is 136 cm³/mol. The quantitative estimate of drug-likeness (QED) is 0.0781. The summed E-state index contributed by atoms with van der Waals surface area (Å²) in [5.41, 5.74) is 1.91. The number of hydrogen-bond acceptors (Lipinski definition) is 14. The van der Waals surface area contributed by atoms with Crippen molar-refractivity contribution in [3.63, 3.8) is 0 Å². The van der Waals surface area contributed by atoms with Crippen LogP contribution in [0, 0.1) is 0 Å². The molecule has 0 fully saturated rings. The molecule has 0 aromatic heterocycles. The van der Waals surface area contributed by atoms with Gasteiger partial charge in [-0.25, -0.2) is 0 Å². The number of benzene rings is 1. The van der Waals surface area contributed by atoms with Crippen LogP contribution in [-0.2, 0) is 11.5 Å². The second-order valence-corrected chi connectivity index (χ2v) is 9.08. The lowest BCUT2D eigenvalue weighted by Gasteiger charge is -2.33. The van der Waals surface area contributed by atoms with Crippen LogP contribution < -0.4 is 4.74 Å². The van der Waals surface area contributed by atoms with Gasteiger partial charge < -0.3 is 55.8 Å². The molecule has 0 radical (unpaired) electrons. The second kappa shape index (κ2) is 17.0. The van der Waals surface area contributed by atoms with Crippen LogP contribution in [0.5, 0.6) is 5.75 Å². The average Bonchev–Trinajstić information content (AvgIpc) is 2.89. The molecule has 210 valence electrons. The van der Waals surface area contributed by atoms with Gasteiger partial charge in [-0.05, 0) is 23.3 Å². The molecule has 0 amide bonds. The Labute approximate surface area is 220 Å². The first-order chi connectivity index (χ1) is 17.0. The largest absolute Gasteiger partial charge is 0.492 e. The van der Waals surface area contributed by atoms with Crippen LogP contribution in [0.15, 0.2) is 18.2 Å². The van der Waals surface area contributed by atoms with Crippen LogP contribution in [-0.4, -0.2) is 144 Å². The third-order valence-electron chi connectivity index (χ3n) is 5.74. The highest BCUT2D eigenvalue weighted by Crippen LogP contribution is 2.21. The summed E-state index contributed by atoms with van der Waals surface area (Å²) in [5.74, 6) is 1.52. The summed E-state index contributed by atoms with van der Waals surface area (Å²) < 4.78 is 5.74. The van der Waals surface area contributed by atoms with E-state index in [1.807, 2.05) is 6.07 Å². The Kier molecular flexibility index (Phi) is 15.7. The van der Waals surface area contributed by atoms with Gasteiger partial charge in [0.1, 0.15) is 49.0 Å². The fourth-order valence-corrected chi connectivity index (χ4v) is 4.02. The summed E-state index contributed by atoms with van der Waals surface area (Å²) in [7, 11) is 0. The van der Waals surface area contributed by atoms with Gasteiger partial charge in [0.25, 0.3) is 0 Å². The fraction of sp³-hybridized carbons (Fsp3) is 0.727. The number of hydrogen-bond donors (Lipinski definition) is 12. The van der Waals surface area contributed by atoms with Crippen molar-refractivity contribution < 1.29 is 55.8 Å². The molecule has 12 nitrogen and oxygen atoms in total. The maximum absolute atomic E-state index is 10.4. The molecule has 0 aliphatic rings. The number of aliphatic hydroxyl groups excluding tert-OH is 10. The zero-order valence-electron chi connectivity index (χ0n) is 19.7. The van der Waals surface area contributed by atoms with Gasteiger partial charge in [0.2, 0.25) is 0 Å². The lowest BCUT2D eigenvalue weighted by molar-refractivity contribution is -0.130. The highest BCUT2D eigenvalue weighted by atomic mass is 32.1.